The SMILES string of the molecule is O=C(c1c[nH]c(=O)[nH]1)N1CCS[C@@H](c2cccs2)CC1. The van der Waals surface area contributed by atoms with Crippen LogP contribution in [0.5, 0.6) is 0 Å². The molecule has 3 rings (SSSR count). The van der Waals surface area contributed by atoms with E-state index in [0.29, 0.717) is 10.9 Å². The lowest BCUT2D eigenvalue weighted by Gasteiger charge is -2.19. The molecule has 20 heavy (non-hydrogen) atoms. The summed E-state index contributed by atoms with van der Waals surface area (Å²) in [5.74, 6) is 0.818. The lowest BCUT2D eigenvalue weighted by atomic mass is 10.2. The van der Waals surface area contributed by atoms with E-state index in [0.717, 1.165) is 25.3 Å². The Balaban J connectivity index is 1.68. The van der Waals surface area contributed by atoms with E-state index in [1.807, 2.05) is 16.7 Å². The number of thioether (sulfide) groups is 1. The number of nitrogens with zero attached hydrogens (tertiary/aromatic N) is 1. The number of carbonyl (C=O) groups is 1. The van der Waals surface area contributed by atoms with Crippen LogP contribution in [-0.4, -0.2) is 39.6 Å². The van der Waals surface area contributed by atoms with Gasteiger partial charge in [-0.2, -0.15) is 11.8 Å². The highest BCUT2D eigenvalue weighted by Crippen LogP contribution is 2.36. The fourth-order valence-electron chi connectivity index (χ4n) is 2.29. The molecule has 5 nitrogen and oxygen atoms in total. The van der Waals surface area contributed by atoms with Crippen LogP contribution in [-0.2, 0) is 0 Å². The fourth-order valence-corrected chi connectivity index (χ4v) is 4.53. The van der Waals surface area contributed by atoms with Crippen molar-refractivity contribution in [3.05, 3.63) is 44.8 Å². The number of imidazole rings is 1. The molecular formula is C13H15N3O2S2. The Bertz CT molecular complexity index is 632. The van der Waals surface area contributed by atoms with Crippen LogP contribution in [0.4, 0.5) is 0 Å². The number of aromatic nitrogens is 2. The van der Waals surface area contributed by atoms with Gasteiger partial charge < -0.3 is 14.9 Å². The van der Waals surface area contributed by atoms with Crippen molar-refractivity contribution < 1.29 is 4.79 Å². The molecule has 0 spiro atoms. The largest absolute Gasteiger partial charge is 0.336 e. The van der Waals surface area contributed by atoms with Crippen LogP contribution in [0.2, 0.25) is 0 Å². The van der Waals surface area contributed by atoms with E-state index in [1.54, 1.807) is 11.3 Å². The van der Waals surface area contributed by atoms with Gasteiger partial charge in [0, 0.05) is 35.2 Å². The summed E-state index contributed by atoms with van der Waals surface area (Å²) in [6, 6.07) is 4.22. The highest BCUT2D eigenvalue weighted by molar-refractivity contribution is 7.99. The third-order valence-electron chi connectivity index (χ3n) is 3.32. The van der Waals surface area contributed by atoms with Crippen molar-refractivity contribution in [2.45, 2.75) is 11.7 Å². The summed E-state index contributed by atoms with van der Waals surface area (Å²) in [6.07, 6.45) is 2.39. The maximum Gasteiger partial charge on any atom is 0.323 e. The number of hydrogen-bond donors (Lipinski definition) is 2. The monoisotopic (exact) mass is 309 g/mol. The van der Waals surface area contributed by atoms with Crippen molar-refractivity contribution in [1.82, 2.24) is 14.9 Å². The molecule has 0 aromatic carbocycles. The van der Waals surface area contributed by atoms with E-state index in [1.165, 1.54) is 11.1 Å². The molecule has 2 N–H and O–H groups in total. The molecule has 1 fully saturated rings. The van der Waals surface area contributed by atoms with Gasteiger partial charge in [0.15, 0.2) is 0 Å². The van der Waals surface area contributed by atoms with Crippen molar-refractivity contribution in [2.75, 3.05) is 18.8 Å². The van der Waals surface area contributed by atoms with Gasteiger partial charge in [0.05, 0.1) is 0 Å². The molecule has 106 valence electrons. The van der Waals surface area contributed by atoms with Crippen LogP contribution in [0, 0.1) is 0 Å². The van der Waals surface area contributed by atoms with Crippen molar-refractivity contribution >= 4 is 29.0 Å². The van der Waals surface area contributed by atoms with Crippen molar-refractivity contribution in [3.8, 4) is 0 Å². The number of H-pyrrole nitrogens is 2. The number of carbonyl (C=O) groups excluding carboxylic acids is 1. The first-order chi connectivity index (χ1) is 9.74. The number of amides is 1. The van der Waals surface area contributed by atoms with Crippen LogP contribution in [0.15, 0.2) is 28.5 Å². The zero-order valence-corrected chi connectivity index (χ0v) is 12.4. The Labute approximate surface area is 124 Å². The average molecular weight is 309 g/mol. The van der Waals surface area contributed by atoms with Crippen LogP contribution < -0.4 is 5.69 Å². The van der Waals surface area contributed by atoms with E-state index in [2.05, 4.69) is 27.5 Å². The summed E-state index contributed by atoms with van der Waals surface area (Å²) in [4.78, 5) is 31.5. The fraction of sp³-hybridized carbons (Fsp3) is 0.385. The van der Waals surface area contributed by atoms with Gasteiger partial charge in [-0.3, -0.25) is 4.79 Å². The molecule has 1 aliphatic heterocycles. The van der Waals surface area contributed by atoms with E-state index in [4.69, 9.17) is 0 Å². The summed E-state index contributed by atoms with van der Waals surface area (Å²) in [7, 11) is 0. The number of rotatable bonds is 2. The van der Waals surface area contributed by atoms with Crippen LogP contribution in [0.1, 0.15) is 27.0 Å². The van der Waals surface area contributed by atoms with Gasteiger partial charge in [-0.15, -0.1) is 11.3 Å². The standard InChI is InChI=1S/C13H15N3O2S2/c17-12(9-8-14-13(18)15-9)16-4-3-11(20-7-5-16)10-2-1-6-19-10/h1-2,6,8,11H,3-5,7H2,(H2,14,15,18)/t11-/m1/s1. The Morgan fingerprint density at radius 2 is 2.30 bits per heavy atom. The average Bonchev–Trinajstić information content (AvgIpc) is 3.05. The topological polar surface area (TPSA) is 69.0 Å². The first-order valence-electron chi connectivity index (χ1n) is 6.46. The Morgan fingerprint density at radius 3 is 3.00 bits per heavy atom. The summed E-state index contributed by atoms with van der Waals surface area (Å²) >= 11 is 3.67. The number of aromatic amines is 2. The van der Waals surface area contributed by atoms with Gasteiger partial charge in [-0.1, -0.05) is 6.07 Å². The smallest absolute Gasteiger partial charge is 0.323 e. The molecule has 0 radical (unpaired) electrons. The van der Waals surface area contributed by atoms with E-state index >= 15 is 0 Å². The Kier molecular flexibility index (Phi) is 3.98. The minimum atomic E-state index is -0.339. The van der Waals surface area contributed by atoms with Gasteiger partial charge in [-0.25, -0.2) is 4.79 Å². The molecule has 0 unspecified atom stereocenters. The van der Waals surface area contributed by atoms with E-state index < -0.39 is 0 Å². The van der Waals surface area contributed by atoms with Crippen LogP contribution in [0.25, 0.3) is 0 Å². The molecule has 1 aliphatic rings. The summed E-state index contributed by atoms with van der Waals surface area (Å²) in [5.41, 5.74) is 0.00332. The van der Waals surface area contributed by atoms with Crippen molar-refractivity contribution in [2.24, 2.45) is 0 Å². The molecule has 0 saturated carbocycles. The molecule has 3 heterocycles. The first-order valence-corrected chi connectivity index (χ1v) is 8.39. The minimum Gasteiger partial charge on any atom is -0.336 e. The van der Waals surface area contributed by atoms with Gasteiger partial charge in [0.1, 0.15) is 5.69 Å². The summed E-state index contributed by atoms with van der Waals surface area (Å²) in [6.45, 7) is 1.44. The Morgan fingerprint density at radius 1 is 1.40 bits per heavy atom. The molecule has 1 amide bonds. The second kappa shape index (κ2) is 5.88. The predicted molar refractivity (Wildman–Crippen MR) is 81.5 cm³/mol. The third kappa shape index (κ3) is 2.83. The zero-order chi connectivity index (χ0) is 13.9. The Hall–Kier alpha value is -1.47. The maximum absolute atomic E-state index is 12.3. The minimum absolute atomic E-state index is 0.101. The molecular weight excluding hydrogens is 294 g/mol. The van der Waals surface area contributed by atoms with Gasteiger partial charge in [0.2, 0.25) is 0 Å². The summed E-state index contributed by atoms with van der Waals surface area (Å²) in [5, 5.41) is 2.56. The first kappa shape index (κ1) is 13.5. The molecule has 2 aromatic rings. The second-order valence-corrected chi connectivity index (χ2v) is 6.90. The molecule has 1 atom stereocenters. The summed E-state index contributed by atoms with van der Waals surface area (Å²) < 4.78 is 0. The highest BCUT2D eigenvalue weighted by Gasteiger charge is 2.24. The highest BCUT2D eigenvalue weighted by atomic mass is 32.2. The van der Waals surface area contributed by atoms with E-state index in [-0.39, 0.29) is 11.6 Å². The lowest BCUT2D eigenvalue weighted by Crippen LogP contribution is -2.33. The maximum atomic E-state index is 12.3. The van der Waals surface area contributed by atoms with Gasteiger partial charge in [-0.05, 0) is 17.9 Å². The zero-order valence-electron chi connectivity index (χ0n) is 10.8. The number of thiophene rings is 1. The molecule has 0 aliphatic carbocycles. The van der Waals surface area contributed by atoms with Crippen molar-refractivity contribution in [1.29, 1.82) is 0 Å². The molecule has 0 bridgehead atoms. The lowest BCUT2D eigenvalue weighted by molar-refractivity contribution is 0.0761. The van der Waals surface area contributed by atoms with Crippen LogP contribution >= 0.6 is 23.1 Å². The van der Waals surface area contributed by atoms with Crippen molar-refractivity contribution in [3.63, 3.8) is 0 Å². The van der Waals surface area contributed by atoms with E-state index in [9.17, 15) is 9.59 Å². The normalized spacial score (nSPS) is 19.8. The number of hydrogen-bond acceptors (Lipinski definition) is 4. The van der Waals surface area contributed by atoms with Gasteiger partial charge in [0.25, 0.3) is 5.91 Å². The quantitative estimate of drug-likeness (QED) is 0.892. The number of nitrogens with one attached hydrogen (secondary N) is 2. The predicted octanol–water partition coefficient (Wildman–Crippen LogP) is 2.08. The third-order valence-corrected chi connectivity index (χ3v) is 5.76. The molecule has 1 saturated heterocycles. The second-order valence-electron chi connectivity index (χ2n) is 4.61. The molecule has 2 aromatic heterocycles. The van der Waals surface area contributed by atoms with Gasteiger partial charge >= 0.3 is 5.69 Å². The van der Waals surface area contributed by atoms with Crippen LogP contribution in [0.3, 0.4) is 0 Å². The molecule has 7 heteroatoms.